The second-order valence-electron chi connectivity index (χ2n) is 5.26. The number of benzene rings is 2. The molecule has 27 heavy (non-hydrogen) atoms. The minimum atomic E-state index is -0.652. The van der Waals surface area contributed by atoms with E-state index in [2.05, 4.69) is 32.7 Å². The van der Waals surface area contributed by atoms with Crippen molar-refractivity contribution in [2.24, 2.45) is 0 Å². The van der Waals surface area contributed by atoms with Gasteiger partial charge in [0.2, 0.25) is 5.91 Å². The lowest BCUT2D eigenvalue weighted by Gasteiger charge is -2.11. The van der Waals surface area contributed by atoms with E-state index in [1.807, 2.05) is 0 Å². The number of tetrazole rings is 1. The van der Waals surface area contributed by atoms with Crippen molar-refractivity contribution in [3.63, 3.8) is 0 Å². The van der Waals surface area contributed by atoms with E-state index in [1.54, 1.807) is 12.1 Å². The maximum atomic E-state index is 13.8. The van der Waals surface area contributed by atoms with Gasteiger partial charge in [-0.05, 0) is 52.9 Å². The molecule has 3 aromatic rings. The van der Waals surface area contributed by atoms with Gasteiger partial charge in [0.25, 0.3) is 5.91 Å². The van der Waals surface area contributed by atoms with E-state index in [1.165, 1.54) is 29.2 Å². The molecule has 0 spiro atoms. The van der Waals surface area contributed by atoms with Crippen LogP contribution in [0.15, 0.2) is 55.4 Å². The third-order valence-corrected chi connectivity index (χ3v) is 3.70. The van der Waals surface area contributed by atoms with Crippen LogP contribution < -0.4 is 10.6 Å². The van der Waals surface area contributed by atoms with Crippen LogP contribution in [0.1, 0.15) is 10.4 Å². The summed E-state index contributed by atoms with van der Waals surface area (Å²) in [5.74, 6) is -1.75. The second-order valence-corrected chi connectivity index (χ2v) is 5.69. The zero-order chi connectivity index (χ0) is 19.4. The lowest BCUT2D eigenvalue weighted by molar-refractivity contribution is -0.111. The molecule has 0 aliphatic heterocycles. The minimum absolute atomic E-state index is 0.0931. The summed E-state index contributed by atoms with van der Waals surface area (Å²) < 4.78 is 15.1. The molecular weight excluding hydrogens is 375 g/mol. The van der Waals surface area contributed by atoms with E-state index in [-0.39, 0.29) is 16.9 Å². The monoisotopic (exact) mass is 386 g/mol. The molecule has 10 heteroatoms. The number of nitrogens with one attached hydrogen (secondary N) is 2. The van der Waals surface area contributed by atoms with Crippen LogP contribution in [-0.2, 0) is 4.79 Å². The molecule has 0 unspecified atom stereocenters. The van der Waals surface area contributed by atoms with Crippen molar-refractivity contribution < 1.29 is 14.0 Å². The number of aromatic nitrogens is 4. The van der Waals surface area contributed by atoms with Crippen molar-refractivity contribution in [1.82, 2.24) is 20.2 Å². The molecule has 8 nitrogen and oxygen atoms in total. The smallest absolute Gasteiger partial charge is 0.257 e. The average molecular weight is 387 g/mol. The van der Waals surface area contributed by atoms with Crippen LogP contribution in [0.25, 0.3) is 5.69 Å². The van der Waals surface area contributed by atoms with E-state index in [0.29, 0.717) is 10.7 Å². The van der Waals surface area contributed by atoms with E-state index in [0.717, 1.165) is 12.1 Å². The predicted molar refractivity (Wildman–Crippen MR) is 97.3 cm³/mol. The van der Waals surface area contributed by atoms with Crippen LogP contribution in [0.4, 0.5) is 15.8 Å². The Hall–Kier alpha value is -3.59. The number of hydrogen-bond acceptors (Lipinski definition) is 5. The normalized spacial score (nSPS) is 10.3. The molecule has 2 aromatic carbocycles. The lowest BCUT2D eigenvalue weighted by atomic mass is 10.1. The van der Waals surface area contributed by atoms with Gasteiger partial charge in [-0.25, -0.2) is 4.39 Å². The Kier molecular flexibility index (Phi) is 5.23. The number of carbonyl (C=O) groups is 2. The number of amides is 2. The van der Waals surface area contributed by atoms with E-state index < -0.39 is 17.6 Å². The van der Waals surface area contributed by atoms with Crippen LogP contribution in [0, 0.1) is 5.82 Å². The van der Waals surface area contributed by atoms with Gasteiger partial charge >= 0.3 is 0 Å². The molecule has 0 bridgehead atoms. The summed E-state index contributed by atoms with van der Waals surface area (Å²) in [5.41, 5.74) is 0.785. The molecule has 0 saturated heterocycles. The summed E-state index contributed by atoms with van der Waals surface area (Å²) >= 11 is 6.00. The van der Waals surface area contributed by atoms with Crippen molar-refractivity contribution in [1.29, 1.82) is 0 Å². The summed E-state index contributed by atoms with van der Waals surface area (Å²) in [6.45, 7) is 3.30. The molecule has 0 aliphatic carbocycles. The van der Waals surface area contributed by atoms with Gasteiger partial charge in [0.05, 0.1) is 16.9 Å². The van der Waals surface area contributed by atoms with Crippen LogP contribution in [-0.4, -0.2) is 32.0 Å². The number of anilines is 2. The Bertz CT molecular complexity index is 1020. The van der Waals surface area contributed by atoms with Crippen molar-refractivity contribution in [2.75, 3.05) is 10.6 Å². The number of halogens is 2. The molecule has 0 fully saturated rings. The van der Waals surface area contributed by atoms with Gasteiger partial charge in [0, 0.05) is 10.7 Å². The zero-order valence-corrected chi connectivity index (χ0v) is 14.4. The Labute approximate surface area is 157 Å². The average Bonchev–Trinajstić information content (AvgIpc) is 3.18. The number of rotatable bonds is 5. The number of carbonyl (C=O) groups excluding carboxylic acids is 2. The van der Waals surface area contributed by atoms with Gasteiger partial charge < -0.3 is 10.6 Å². The summed E-state index contributed by atoms with van der Waals surface area (Å²) in [6.07, 6.45) is 2.34. The van der Waals surface area contributed by atoms with Gasteiger partial charge in [0.15, 0.2) is 0 Å². The first kappa shape index (κ1) is 18.2. The van der Waals surface area contributed by atoms with Gasteiger partial charge in [-0.2, -0.15) is 4.68 Å². The first-order chi connectivity index (χ1) is 13.0. The molecule has 2 N–H and O–H groups in total. The van der Waals surface area contributed by atoms with Gasteiger partial charge in [-0.3, -0.25) is 9.59 Å². The number of nitrogens with zero attached hydrogens (tertiary/aromatic N) is 4. The minimum Gasteiger partial charge on any atom is -0.322 e. The Balaban J connectivity index is 1.90. The van der Waals surface area contributed by atoms with Crippen molar-refractivity contribution in [2.45, 2.75) is 0 Å². The molecule has 1 heterocycles. The zero-order valence-electron chi connectivity index (χ0n) is 13.7. The SMILES string of the molecule is C=CC(=O)Nc1cc(NC(=O)c2cc(Cl)ccc2-n2cnnn2)ccc1F. The predicted octanol–water partition coefficient (Wildman–Crippen LogP) is 2.83. The summed E-state index contributed by atoms with van der Waals surface area (Å²) in [7, 11) is 0. The summed E-state index contributed by atoms with van der Waals surface area (Å²) in [6, 6.07) is 8.41. The summed E-state index contributed by atoms with van der Waals surface area (Å²) in [4.78, 5) is 24.1. The van der Waals surface area contributed by atoms with Crippen LogP contribution in [0.5, 0.6) is 0 Å². The topological polar surface area (TPSA) is 102 Å². The van der Waals surface area contributed by atoms with Crippen molar-refractivity contribution in [3.05, 3.63) is 71.8 Å². The fourth-order valence-corrected chi connectivity index (χ4v) is 2.41. The summed E-state index contributed by atoms with van der Waals surface area (Å²) in [5, 5.41) is 16.1. The second kappa shape index (κ2) is 7.75. The molecule has 0 radical (unpaired) electrons. The molecule has 136 valence electrons. The molecule has 2 amide bonds. The van der Waals surface area contributed by atoms with Crippen LogP contribution >= 0.6 is 11.6 Å². The quantitative estimate of drug-likeness (QED) is 0.656. The van der Waals surface area contributed by atoms with E-state index in [4.69, 9.17) is 11.6 Å². The van der Waals surface area contributed by atoms with Gasteiger partial charge in [0.1, 0.15) is 12.1 Å². The lowest BCUT2D eigenvalue weighted by Crippen LogP contribution is -2.16. The van der Waals surface area contributed by atoms with Crippen LogP contribution in [0.2, 0.25) is 5.02 Å². The number of hydrogen-bond donors (Lipinski definition) is 2. The molecule has 0 aliphatic rings. The first-order valence-corrected chi connectivity index (χ1v) is 7.93. The third-order valence-electron chi connectivity index (χ3n) is 3.47. The van der Waals surface area contributed by atoms with Gasteiger partial charge in [-0.15, -0.1) is 5.10 Å². The van der Waals surface area contributed by atoms with Crippen molar-refractivity contribution in [3.8, 4) is 5.69 Å². The highest BCUT2D eigenvalue weighted by molar-refractivity contribution is 6.31. The first-order valence-electron chi connectivity index (χ1n) is 7.55. The van der Waals surface area contributed by atoms with Crippen LogP contribution in [0.3, 0.4) is 0 Å². The highest BCUT2D eigenvalue weighted by Crippen LogP contribution is 2.23. The Morgan fingerprint density at radius 2 is 2.00 bits per heavy atom. The Morgan fingerprint density at radius 1 is 1.19 bits per heavy atom. The highest BCUT2D eigenvalue weighted by atomic mass is 35.5. The maximum Gasteiger partial charge on any atom is 0.257 e. The third kappa shape index (κ3) is 4.15. The standard InChI is InChI=1S/C17H12ClFN6O2/c1-2-16(26)22-14-8-11(4-5-13(14)19)21-17(27)12-7-10(18)3-6-15(12)25-9-20-23-24-25/h2-9H,1H2,(H,21,27)(H,22,26). The fraction of sp³-hybridized carbons (Fsp3) is 0. The van der Waals surface area contributed by atoms with Crippen molar-refractivity contribution >= 4 is 34.8 Å². The van der Waals surface area contributed by atoms with E-state index >= 15 is 0 Å². The molecule has 0 atom stereocenters. The Morgan fingerprint density at radius 3 is 2.70 bits per heavy atom. The largest absolute Gasteiger partial charge is 0.322 e. The molecule has 0 saturated carbocycles. The van der Waals surface area contributed by atoms with Gasteiger partial charge in [-0.1, -0.05) is 18.2 Å². The fourth-order valence-electron chi connectivity index (χ4n) is 2.24. The molecular formula is C17H12ClFN6O2. The molecule has 1 aromatic heterocycles. The molecule has 3 rings (SSSR count). The highest BCUT2D eigenvalue weighted by Gasteiger charge is 2.16. The van der Waals surface area contributed by atoms with E-state index in [9.17, 15) is 14.0 Å². The maximum absolute atomic E-state index is 13.8.